The highest BCUT2D eigenvalue weighted by molar-refractivity contribution is 6.34. The highest BCUT2D eigenvalue weighted by Crippen LogP contribution is 2.36. The third kappa shape index (κ3) is 3.02. The van der Waals surface area contributed by atoms with Crippen LogP contribution in [0.3, 0.4) is 0 Å². The number of pyridine rings is 1. The van der Waals surface area contributed by atoms with E-state index in [0.717, 1.165) is 5.69 Å². The number of fused-ring (bicyclic) bond motifs is 4. The molecule has 0 saturated heterocycles. The van der Waals surface area contributed by atoms with E-state index in [1.54, 1.807) is 24.3 Å². The lowest BCUT2D eigenvalue weighted by Crippen LogP contribution is -2.28. The van der Waals surface area contributed by atoms with Crippen molar-refractivity contribution in [1.29, 1.82) is 0 Å². The van der Waals surface area contributed by atoms with Crippen LogP contribution >= 0.6 is 0 Å². The van der Waals surface area contributed by atoms with E-state index in [9.17, 15) is 14.0 Å². The van der Waals surface area contributed by atoms with Crippen molar-refractivity contribution in [3.8, 4) is 17.0 Å². The lowest BCUT2D eigenvalue weighted by Gasteiger charge is -2.13. The molecule has 2 aliphatic rings. The second-order valence-electron chi connectivity index (χ2n) is 7.13. The second-order valence-corrected chi connectivity index (χ2v) is 7.13. The van der Waals surface area contributed by atoms with Gasteiger partial charge in [-0.2, -0.15) is 0 Å². The minimum absolute atomic E-state index is 0.204. The van der Waals surface area contributed by atoms with Gasteiger partial charge >= 0.3 is 0 Å². The highest BCUT2D eigenvalue weighted by Gasteiger charge is 2.28. The molecule has 1 aromatic carbocycles. The summed E-state index contributed by atoms with van der Waals surface area (Å²) in [7, 11) is 0. The van der Waals surface area contributed by atoms with Crippen LogP contribution in [0.1, 0.15) is 27.4 Å². The number of amides is 2. The predicted octanol–water partition coefficient (Wildman–Crippen LogP) is 3.14. The normalized spacial score (nSPS) is 16.9. The molecular formula is C22H17FN4O3. The summed E-state index contributed by atoms with van der Waals surface area (Å²) in [5.41, 5.74) is 3.98. The van der Waals surface area contributed by atoms with E-state index in [-0.39, 0.29) is 25.0 Å². The van der Waals surface area contributed by atoms with Gasteiger partial charge in [0.1, 0.15) is 23.9 Å². The molecule has 0 radical (unpaired) electrons. The zero-order valence-electron chi connectivity index (χ0n) is 16.0. The molecule has 7 nitrogen and oxygen atoms in total. The number of hydrogen-bond donors (Lipinski definition) is 3. The zero-order chi connectivity index (χ0) is 20.8. The van der Waals surface area contributed by atoms with E-state index in [1.165, 1.54) is 18.2 Å². The number of H-pyrrole nitrogens is 1. The van der Waals surface area contributed by atoms with Gasteiger partial charge in [0.2, 0.25) is 0 Å². The topological polar surface area (TPSA) is 96.1 Å². The Morgan fingerprint density at radius 1 is 1.07 bits per heavy atom. The highest BCUT2D eigenvalue weighted by atomic mass is 19.1. The number of ether oxygens (including phenoxy) is 1. The third-order valence-corrected chi connectivity index (χ3v) is 5.02. The minimum atomic E-state index is -0.425. The number of halogens is 1. The van der Waals surface area contributed by atoms with E-state index in [2.05, 4.69) is 20.6 Å². The van der Waals surface area contributed by atoms with Crippen LogP contribution in [0.4, 0.5) is 10.1 Å². The number of benzene rings is 1. The Bertz CT molecular complexity index is 1250. The van der Waals surface area contributed by atoms with Crippen molar-refractivity contribution in [2.45, 2.75) is 6.92 Å². The smallest absolute Gasteiger partial charge is 0.258 e. The first-order chi connectivity index (χ1) is 14.5. The van der Waals surface area contributed by atoms with Crippen molar-refractivity contribution in [2.75, 3.05) is 18.5 Å². The lowest BCUT2D eigenvalue weighted by atomic mass is 10.1. The van der Waals surface area contributed by atoms with Crippen LogP contribution in [-0.2, 0) is 4.79 Å². The standard InChI is InChI=1S/C22H17FN4O3/c1-11-8-14-18(25-11)10-15-20-17(27-22(15)29)4-3-16(26-20)13-9-12(23)2-5-19(13)30-7-6-24-21(14)28/h2-5,8-10,25H,6-7H2,1H3,(H,24,28)(H,27,29)/b15-10-. The van der Waals surface area contributed by atoms with Gasteiger partial charge in [0.05, 0.1) is 34.8 Å². The summed E-state index contributed by atoms with van der Waals surface area (Å²) >= 11 is 0. The van der Waals surface area contributed by atoms with Crippen molar-refractivity contribution in [3.63, 3.8) is 0 Å². The summed E-state index contributed by atoms with van der Waals surface area (Å²) in [6.45, 7) is 2.30. The van der Waals surface area contributed by atoms with E-state index in [0.29, 0.717) is 45.2 Å². The Labute approximate surface area is 171 Å². The summed E-state index contributed by atoms with van der Waals surface area (Å²) in [6.07, 6.45) is 1.62. The monoisotopic (exact) mass is 404 g/mol. The number of anilines is 1. The average molecular weight is 404 g/mol. The van der Waals surface area contributed by atoms with Crippen molar-refractivity contribution in [3.05, 3.63) is 64.9 Å². The molecule has 0 fully saturated rings. The predicted molar refractivity (Wildman–Crippen MR) is 109 cm³/mol. The van der Waals surface area contributed by atoms with Crippen LogP contribution in [0.2, 0.25) is 0 Å². The van der Waals surface area contributed by atoms with Gasteiger partial charge in [-0.25, -0.2) is 9.37 Å². The Morgan fingerprint density at radius 3 is 2.80 bits per heavy atom. The number of nitrogens with one attached hydrogen (secondary N) is 3. The molecule has 0 atom stereocenters. The fourth-order valence-corrected chi connectivity index (χ4v) is 3.65. The summed E-state index contributed by atoms with van der Waals surface area (Å²) in [6, 6.07) is 9.34. The number of nitrogens with zero attached hydrogens (tertiary/aromatic N) is 1. The summed E-state index contributed by atoms with van der Waals surface area (Å²) in [5.74, 6) is -0.593. The minimum Gasteiger partial charge on any atom is -0.491 e. The largest absolute Gasteiger partial charge is 0.491 e. The van der Waals surface area contributed by atoms with Crippen LogP contribution in [0.15, 0.2) is 36.4 Å². The molecule has 5 rings (SSSR count). The van der Waals surface area contributed by atoms with Gasteiger partial charge in [-0.05, 0) is 49.4 Å². The van der Waals surface area contributed by atoms with E-state index in [4.69, 9.17) is 4.74 Å². The molecule has 150 valence electrons. The number of aromatic amines is 1. The second kappa shape index (κ2) is 6.84. The maximum absolute atomic E-state index is 14.0. The molecule has 3 aromatic rings. The van der Waals surface area contributed by atoms with Crippen LogP contribution in [0.25, 0.3) is 22.9 Å². The molecule has 2 aromatic heterocycles. The fourth-order valence-electron chi connectivity index (χ4n) is 3.65. The summed E-state index contributed by atoms with van der Waals surface area (Å²) < 4.78 is 19.8. The molecule has 2 bridgehead atoms. The van der Waals surface area contributed by atoms with Gasteiger partial charge in [0.15, 0.2) is 0 Å². The SMILES string of the molecule is Cc1cc2c([nH]1)/C=C1\C(=O)Nc3ccc(nc31)-c1cc(F)ccc1OCCNC2=O. The Morgan fingerprint density at radius 2 is 1.93 bits per heavy atom. The van der Waals surface area contributed by atoms with Gasteiger partial charge in [-0.1, -0.05) is 0 Å². The first-order valence-corrected chi connectivity index (χ1v) is 9.44. The fraction of sp³-hybridized carbons (Fsp3) is 0.136. The maximum atomic E-state index is 14.0. The molecule has 0 spiro atoms. The summed E-state index contributed by atoms with van der Waals surface area (Å²) in [5, 5.41) is 5.59. The van der Waals surface area contributed by atoms with E-state index < -0.39 is 5.82 Å². The Hall–Kier alpha value is -3.94. The first kappa shape index (κ1) is 18.1. The molecular weight excluding hydrogens is 387 g/mol. The van der Waals surface area contributed by atoms with Gasteiger partial charge in [-0.3, -0.25) is 9.59 Å². The molecule has 0 aliphatic carbocycles. The molecule has 0 saturated carbocycles. The van der Waals surface area contributed by atoms with Gasteiger partial charge < -0.3 is 20.4 Å². The third-order valence-electron chi connectivity index (χ3n) is 5.02. The Kier molecular flexibility index (Phi) is 4.13. The lowest BCUT2D eigenvalue weighted by molar-refractivity contribution is -0.110. The van der Waals surface area contributed by atoms with E-state index in [1.807, 2.05) is 6.92 Å². The molecule has 3 N–H and O–H groups in total. The molecule has 8 heteroatoms. The van der Waals surface area contributed by atoms with Crippen molar-refractivity contribution >= 4 is 29.2 Å². The van der Waals surface area contributed by atoms with Crippen LogP contribution in [0, 0.1) is 12.7 Å². The molecule has 2 aliphatic heterocycles. The molecule has 30 heavy (non-hydrogen) atoms. The number of rotatable bonds is 0. The quantitative estimate of drug-likeness (QED) is 0.536. The van der Waals surface area contributed by atoms with Crippen LogP contribution in [0.5, 0.6) is 5.75 Å². The van der Waals surface area contributed by atoms with Gasteiger partial charge in [0, 0.05) is 11.3 Å². The van der Waals surface area contributed by atoms with E-state index >= 15 is 0 Å². The van der Waals surface area contributed by atoms with Crippen molar-refractivity contribution in [1.82, 2.24) is 15.3 Å². The van der Waals surface area contributed by atoms with Crippen molar-refractivity contribution < 1.29 is 18.7 Å². The van der Waals surface area contributed by atoms with Crippen LogP contribution in [-0.4, -0.2) is 34.9 Å². The number of aryl methyl sites for hydroxylation is 1. The first-order valence-electron chi connectivity index (χ1n) is 9.44. The number of hydrogen-bond acceptors (Lipinski definition) is 4. The average Bonchev–Trinajstić information content (AvgIpc) is 3.24. The Balaban J connectivity index is 1.73. The number of carbonyl (C=O) groups excluding carboxylic acids is 2. The van der Waals surface area contributed by atoms with Crippen molar-refractivity contribution in [2.24, 2.45) is 0 Å². The molecule has 2 amide bonds. The number of aromatic nitrogens is 2. The number of carbonyl (C=O) groups is 2. The van der Waals surface area contributed by atoms with Gasteiger partial charge in [-0.15, -0.1) is 0 Å². The molecule has 0 unspecified atom stereocenters. The maximum Gasteiger partial charge on any atom is 0.258 e. The zero-order valence-corrected chi connectivity index (χ0v) is 16.0. The molecule has 4 heterocycles. The van der Waals surface area contributed by atoms with Crippen LogP contribution < -0.4 is 15.4 Å². The summed E-state index contributed by atoms with van der Waals surface area (Å²) in [4.78, 5) is 33.0. The van der Waals surface area contributed by atoms with Gasteiger partial charge in [0.25, 0.3) is 11.8 Å².